The first-order valence-corrected chi connectivity index (χ1v) is 9.58. The molecule has 0 unspecified atom stereocenters. The number of nitrogens with zero attached hydrogens (tertiary/aromatic N) is 2. The van der Waals surface area contributed by atoms with Crippen molar-refractivity contribution in [3.8, 4) is 0 Å². The molecule has 0 saturated heterocycles. The second-order valence-electron chi connectivity index (χ2n) is 6.88. The van der Waals surface area contributed by atoms with Crippen LogP contribution in [0.5, 0.6) is 0 Å². The van der Waals surface area contributed by atoms with Crippen LogP contribution in [0.2, 0.25) is 5.02 Å². The summed E-state index contributed by atoms with van der Waals surface area (Å²) in [5.41, 5.74) is 1.42. The van der Waals surface area contributed by atoms with Gasteiger partial charge in [-0.05, 0) is 50.6 Å². The van der Waals surface area contributed by atoms with Crippen molar-refractivity contribution in [3.05, 3.63) is 64.8 Å². The number of nitrogens with one attached hydrogen (secondary N) is 2. The minimum absolute atomic E-state index is 0.197. The monoisotopic (exact) mass is 398 g/mol. The van der Waals surface area contributed by atoms with Crippen molar-refractivity contribution in [3.63, 3.8) is 0 Å². The fourth-order valence-corrected chi connectivity index (χ4v) is 3.17. The molecular formula is C21H23ClN4O2. The zero-order chi connectivity index (χ0) is 20.1. The Morgan fingerprint density at radius 2 is 1.96 bits per heavy atom. The van der Waals surface area contributed by atoms with Gasteiger partial charge in [0, 0.05) is 35.9 Å². The van der Waals surface area contributed by atoms with Gasteiger partial charge >= 0.3 is 0 Å². The van der Waals surface area contributed by atoms with E-state index in [4.69, 9.17) is 11.6 Å². The molecule has 0 radical (unpaired) electrons. The number of hydrogen-bond donors (Lipinski definition) is 2. The fourth-order valence-electron chi connectivity index (χ4n) is 3.00. The first kappa shape index (κ1) is 20.0. The van der Waals surface area contributed by atoms with Gasteiger partial charge < -0.3 is 10.6 Å². The molecule has 0 saturated carbocycles. The summed E-state index contributed by atoms with van der Waals surface area (Å²) in [7, 11) is 0. The zero-order valence-corrected chi connectivity index (χ0v) is 16.7. The second kappa shape index (κ2) is 8.99. The lowest BCUT2D eigenvalue weighted by Gasteiger charge is -2.29. The Hall–Kier alpha value is -2.70. The fraction of sp³-hybridized carbons (Fsp3) is 0.286. The molecular weight excluding hydrogens is 376 g/mol. The van der Waals surface area contributed by atoms with E-state index in [0.29, 0.717) is 29.0 Å². The SMILES string of the molecule is CC(C)N1CC=C(C(=O)Nc2ccc(Cl)cc2C(=O)Nc2ccccn2)CC1. The molecule has 7 heteroatoms. The van der Waals surface area contributed by atoms with E-state index < -0.39 is 0 Å². The molecule has 2 amide bonds. The maximum atomic E-state index is 12.7. The number of carbonyl (C=O) groups excluding carboxylic acids is 2. The number of hydrogen-bond acceptors (Lipinski definition) is 4. The van der Waals surface area contributed by atoms with Crippen molar-refractivity contribution in [2.75, 3.05) is 23.7 Å². The summed E-state index contributed by atoms with van der Waals surface area (Å²) in [6, 6.07) is 10.5. The first-order valence-electron chi connectivity index (χ1n) is 9.20. The van der Waals surface area contributed by atoms with Gasteiger partial charge in [-0.15, -0.1) is 0 Å². The average Bonchev–Trinajstić information content (AvgIpc) is 2.70. The van der Waals surface area contributed by atoms with Gasteiger partial charge in [0.1, 0.15) is 5.82 Å². The molecule has 28 heavy (non-hydrogen) atoms. The van der Waals surface area contributed by atoms with E-state index >= 15 is 0 Å². The molecule has 0 fully saturated rings. The molecule has 6 nitrogen and oxygen atoms in total. The molecule has 1 aliphatic heterocycles. The van der Waals surface area contributed by atoms with Crippen LogP contribution < -0.4 is 10.6 Å². The summed E-state index contributed by atoms with van der Waals surface area (Å²) in [6.45, 7) is 5.86. The van der Waals surface area contributed by atoms with Crippen LogP contribution >= 0.6 is 11.6 Å². The van der Waals surface area contributed by atoms with E-state index in [2.05, 4.69) is 34.4 Å². The molecule has 0 aliphatic carbocycles. The number of anilines is 2. The largest absolute Gasteiger partial charge is 0.322 e. The van der Waals surface area contributed by atoms with E-state index in [1.807, 2.05) is 6.08 Å². The van der Waals surface area contributed by atoms with E-state index in [-0.39, 0.29) is 17.4 Å². The van der Waals surface area contributed by atoms with E-state index in [9.17, 15) is 9.59 Å². The number of rotatable bonds is 5. The number of halogens is 1. The highest BCUT2D eigenvalue weighted by atomic mass is 35.5. The number of pyridine rings is 1. The minimum atomic E-state index is -0.389. The Labute approximate surface area is 169 Å². The van der Waals surface area contributed by atoms with Crippen molar-refractivity contribution >= 4 is 34.9 Å². The lowest BCUT2D eigenvalue weighted by Crippen LogP contribution is -2.36. The highest BCUT2D eigenvalue weighted by Crippen LogP contribution is 2.23. The summed E-state index contributed by atoms with van der Waals surface area (Å²) in [5, 5.41) is 5.98. The van der Waals surface area contributed by atoms with Crippen LogP contribution in [-0.4, -0.2) is 40.8 Å². The van der Waals surface area contributed by atoms with Crippen LogP contribution in [0.3, 0.4) is 0 Å². The third-order valence-corrected chi connectivity index (χ3v) is 4.88. The maximum Gasteiger partial charge on any atom is 0.258 e. The van der Waals surface area contributed by atoms with Crippen molar-refractivity contribution < 1.29 is 9.59 Å². The molecule has 2 heterocycles. The van der Waals surface area contributed by atoms with Gasteiger partial charge in [0.05, 0.1) is 11.3 Å². The van der Waals surface area contributed by atoms with Crippen molar-refractivity contribution in [2.45, 2.75) is 26.3 Å². The highest BCUT2D eigenvalue weighted by molar-refractivity contribution is 6.31. The molecule has 0 atom stereocenters. The lowest BCUT2D eigenvalue weighted by molar-refractivity contribution is -0.113. The van der Waals surface area contributed by atoms with Crippen LogP contribution in [0.15, 0.2) is 54.2 Å². The number of amides is 2. The normalized spacial score (nSPS) is 14.5. The minimum Gasteiger partial charge on any atom is -0.322 e. The van der Waals surface area contributed by atoms with Gasteiger partial charge in [0.25, 0.3) is 11.8 Å². The molecule has 146 valence electrons. The lowest BCUT2D eigenvalue weighted by atomic mass is 10.1. The number of aromatic nitrogens is 1. The molecule has 2 aromatic rings. The van der Waals surface area contributed by atoms with Gasteiger partial charge in [0.15, 0.2) is 0 Å². The molecule has 3 rings (SSSR count). The number of carbonyl (C=O) groups is 2. The summed E-state index contributed by atoms with van der Waals surface area (Å²) < 4.78 is 0. The Morgan fingerprint density at radius 1 is 1.14 bits per heavy atom. The van der Waals surface area contributed by atoms with Crippen LogP contribution in [0.25, 0.3) is 0 Å². The van der Waals surface area contributed by atoms with E-state index in [0.717, 1.165) is 18.7 Å². The molecule has 1 aromatic heterocycles. The standard InChI is InChI=1S/C21H23ClN4O2/c1-14(2)26-11-8-15(9-12-26)20(27)24-18-7-6-16(22)13-17(18)21(28)25-19-5-3-4-10-23-19/h3-8,10,13-14H,9,11-12H2,1-2H3,(H,24,27)(H,23,25,28). The maximum absolute atomic E-state index is 12.7. The van der Waals surface area contributed by atoms with Crippen molar-refractivity contribution in [1.82, 2.24) is 9.88 Å². The van der Waals surface area contributed by atoms with Crippen LogP contribution in [0.4, 0.5) is 11.5 Å². The molecule has 0 bridgehead atoms. The average molecular weight is 399 g/mol. The van der Waals surface area contributed by atoms with Gasteiger partial charge in [-0.3, -0.25) is 14.5 Å². The Balaban J connectivity index is 1.75. The van der Waals surface area contributed by atoms with E-state index in [1.165, 1.54) is 6.07 Å². The van der Waals surface area contributed by atoms with Crippen LogP contribution in [-0.2, 0) is 4.79 Å². The van der Waals surface area contributed by atoms with Gasteiger partial charge in [0.2, 0.25) is 0 Å². The summed E-state index contributed by atoms with van der Waals surface area (Å²) >= 11 is 6.07. The summed E-state index contributed by atoms with van der Waals surface area (Å²) in [5.74, 6) is -0.161. The van der Waals surface area contributed by atoms with Gasteiger partial charge in [-0.25, -0.2) is 4.98 Å². The van der Waals surface area contributed by atoms with Crippen molar-refractivity contribution in [2.24, 2.45) is 0 Å². The molecule has 0 spiro atoms. The predicted octanol–water partition coefficient (Wildman–Crippen LogP) is 3.97. The third kappa shape index (κ3) is 4.97. The van der Waals surface area contributed by atoms with Crippen LogP contribution in [0.1, 0.15) is 30.6 Å². The first-order chi connectivity index (χ1) is 13.4. The van der Waals surface area contributed by atoms with Gasteiger partial charge in [-0.1, -0.05) is 23.7 Å². The van der Waals surface area contributed by atoms with E-state index in [1.54, 1.807) is 36.5 Å². The highest BCUT2D eigenvalue weighted by Gasteiger charge is 2.20. The smallest absolute Gasteiger partial charge is 0.258 e. The Morgan fingerprint density at radius 3 is 2.61 bits per heavy atom. The van der Waals surface area contributed by atoms with Gasteiger partial charge in [-0.2, -0.15) is 0 Å². The topological polar surface area (TPSA) is 74.3 Å². The Kier molecular flexibility index (Phi) is 6.44. The number of benzene rings is 1. The van der Waals surface area contributed by atoms with Crippen molar-refractivity contribution in [1.29, 1.82) is 0 Å². The third-order valence-electron chi connectivity index (χ3n) is 4.64. The molecule has 2 N–H and O–H groups in total. The quantitative estimate of drug-likeness (QED) is 0.799. The van der Waals surface area contributed by atoms with Crippen LogP contribution in [0, 0.1) is 0 Å². The summed E-state index contributed by atoms with van der Waals surface area (Å²) in [4.78, 5) is 31.7. The zero-order valence-electron chi connectivity index (χ0n) is 15.9. The predicted molar refractivity (Wildman–Crippen MR) is 112 cm³/mol. The molecule has 1 aliphatic rings. The molecule has 1 aromatic carbocycles. The second-order valence-corrected chi connectivity index (χ2v) is 7.32. The Bertz CT molecular complexity index is 897. The summed E-state index contributed by atoms with van der Waals surface area (Å²) in [6.07, 6.45) is 4.21.